The number of aryl methyl sites for hydroxylation is 1. The van der Waals surface area contributed by atoms with Gasteiger partial charge in [-0.2, -0.15) is 5.26 Å². The SMILES string of the molecule is CCOC(=O)C1=C(C)OC(N)=C(C#N)C1c1cc(C)cc(CN2CCC(C)CC2)c1C. The van der Waals surface area contributed by atoms with E-state index in [4.69, 9.17) is 15.2 Å². The van der Waals surface area contributed by atoms with Crippen LogP contribution < -0.4 is 5.73 Å². The Balaban J connectivity index is 2.07. The number of benzene rings is 1. The minimum Gasteiger partial charge on any atom is -0.463 e. The smallest absolute Gasteiger partial charge is 0.338 e. The van der Waals surface area contributed by atoms with Crippen molar-refractivity contribution < 1.29 is 14.3 Å². The van der Waals surface area contributed by atoms with Crippen molar-refractivity contribution >= 4 is 5.97 Å². The molecule has 1 fully saturated rings. The fraction of sp³-hybridized carbons (Fsp3) is 0.520. The molecule has 2 aliphatic rings. The molecular weight excluding hydrogens is 390 g/mol. The van der Waals surface area contributed by atoms with Crippen LogP contribution in [0.5, 0.6) is 0 Å². The zero-order valence-electron chi connectivity index (χ0n) is 19.2. The first kappa shape index (κ1) is 22.9. The van der Waals surface area contributed by atoms with Gasteiger partial charge in [0.05, 0.1) is 18.1 Å². The summed E-state index contributed by atoms with van der Waals surface area (Å²) in [6.07, 6.45) is 2.43. The molecule has 166 valence electrons. The van der Waals surface area contributed by atoms with Crippen LogP contribution in [0.25, 0.3) is 0 Å². The van der Waals surface area contributed by atoms with Crippen molar-refractivity contribution in [2.75, 3.05) is 19.7 Å². The van der Waals surface area contributed by atoms with Gasteiger partial charge in [-0.1, -0.05) is 24.6 Å². The Hall–Kier alpha value is -2.78. The molecule has 31 heavy (non-hydrogen) atoms. The zero-order valence-corrected chi connectivity index (χ0v) is 19.2. The number of hydrogen-bond acceptors (Lipinski definition) is 6. The summed E-state index contributed by atoms with van der Waals surface area (Å²) in [6, 6.07) is 6.43. The third-order valence-corrected chi connectivity index (χ3v) is 6.38. The second-order valence-corrected chi connectivity index (χ2v) is 8.71. The molecule has 0 aliphatic carbocycles. The molecule has 0 bridgehead atoms. The number of nitriles is 1. The van der Waals surface area contributed by atoms with Crippen LogP contribution >= 0.6 is 0 Å². The van der Waals surface area contributed by atoms with Gasteiger partial charge in [0.1, 0.15) is 17.4 Å². The molecule has 0 radical (unpaired) electrons. The normalized spacial score (nSPS) is 20.5. The molecule has 2 heterocycles. The number of piperidine rings is 1. The summed E-state index contributed by atoms with van der Waals surface area (Å²) in [6.45, 7) is 13.2. The molecular formula is C25H33N3O3. The van der Waals surface area contributed by atoms with Gasteiger partial charge < -0.3 is 15.2 Å². The third-order valence-electron chi connectivity index (χ3n) is 6.38. The molecule has 2 N–H and O–H groups in total. The maximum absolute atomic E-state index is 12.8. The molecule has 1 unspecified atom stereocenters. The topological polar surface area (TPSA) is 88.6 Å². The predicted octanol–water partition coefficient (Wildman–Crippen LogP) is 4.18. The molecule has 1 aromatic rings. The van der Waals surface area contributed by atoms with E-state index in [1.807, 2.05) is 13.0 Å². The lowest BCUT2D eigenvalue weighted by Crippen LogP contribution is -2.32. The van der Waals surface area contributed by atoms with E-state index in [0.717, 1.165) is 42.2 Å². The largest absolute Gasteiger partial charge is 0.463 e. The number of carbonyl (C=O) groups is 1. The van der Waals surface area contributed by atoms with E-state index >= 15 is 0 Å². The Kier molecular flexibility index (Phi) is 7.07. The number of nitrogens with two attached hydrogens (primary N) is 1. The van der Waals surface area contributed by atoms with E-state index in [1.54, 1.807) is 13.8 Å². The molecule has 0 amide bonds. The maximum atomic E-state index is 12.8. The number of ether oxygens (including phenoxy) is 2. The van der Waals surface area contributed by atoms with E-state index < -0.39 is 11.9 Å². The number of likely N-dealkylation sites (tertiary alicyclic amines) is 1. The zero-order chi connectivity index (χ0) is 22.7. The van der Waals surface area contributed by atoms with Crippen LogP contribution in [-0.4, -0.2) is 30.6 Å². The molecule has 6 heteroatoms. The lowest BCUT2D eigenvalue weighted by Gasteiger charge is -2.32. The summed E-state index contributed by atoms with van der Waals surface area (Å²) in [5.41, 5.74) is 11.0. The van der Waals surface area contributed by atoms with Crippen molar-refractivity contribution in [1.29, 1.82) is 5.26 Å². The summed E-state index contributed by atoms with van der Waals surface area (Å²) >= 11 is 0. The average molecular weight is 424 g/mol. The molecule has 1 aromatic carbocycles. The van der Waals surface area contributed by atoms with E-state index in [2.05, 4.69) is 30.9 Å². The highest BCUT2D eigenvalue weighted by molar-refractivity contribution is 5.92. The summed E-state index contributed by atoms with van der Waals surface area (Å²) in [5.74, 6) is 0.132. The first-order valence-electron chi connectivity index (χ1n) is 11.0. The molecule has 1 saturated heterocycles. The lowest BCUT2D eigenvalue weighted by atomic mass is 9.79. The van der Waals surface area contributed by atoms with Gasteiger partial charge in [0, 0.05) is 6.54 Å². The number of rotatable bonds is 5. The van der Waals surface area contributed by atoms with Crippen LogP contribution in [0.3, 0.4) is 0 Å². The predicted molar refractivity (Wildman–Crippen MR) is 120 cm³/mol. The highest BCUT2D eigenvalue weighted by Crippen LogP contribution is 2.42. The second kappa shape index (κ2) is 9.57. The minimum atomic E-state index is -0.599. The number of esters is 1. The van der Waals surface area contributed by atoms with Crippen molar-refractivity contribution in [2.24, 2.45) is 11.7 Å². The number of allylic oxidation sites excluding steroid dienone is 2. The number of nitrogens with zero attached hydrogens (tertiary/aromatic N) is 2. The molecule has 1 atom stereocenters. The van der Waals surface area contributed by atoms with Crippen LogP contribution in [0.2, 0.25) is 0 Å². The summed E-state index contributed by atoms with van der Waals surface area (Å²) < 4.78 is 10.9. The fourth-order valence-corrected chi connectivity index (χ4v) is 4.55. The Morgan fingerprint density at radius 1 is 1.29 bits per heavy atom. The van der Waals surface area contributed by atoms with Crippen molar-refractivity contribution in [1.82, 2.24) is 4.90 Å². The van der Waals surface area contributed by atoms with Gasteiger partial charge in [0.15, 0.2) is 0 Å². The Bertz CT molecular complexity index is 963. The molecule has 6 nitrogen and oxygen atoms in total. The van der Waals surface area contributed by atoms with Crippen LogP contribution in [0.4, 0.5) is 0 Å². The fourth-order valence-electron chi connectivity index (χ4n) is 4.55. The third kappa shape index (κ3) is 4.77. The summed E-state index contributed by atoms with van der Waals surface area (Å²) in [4.78, 5) is 15.3. The van der Waals surface area contributed by atoms with E-state index in [1.165, 1.54) is 18.4 Å². The average Bonchev–Trinajstić information content (AvgIpc) is 2.71. The lowest BCUT2D eigenvalue weighted by molar-refractivity contribution is -0.139. The highest BCUT2D eigenvalue weighted by atomic mass is 16.5. The van der Waals surface area contributed by atoms with Gasteiger partial charge in [0.25, 0.3) is 0 Å². The quantitative estimate of drug-likeness (QED) is 0.715. The van der Waals surface area contributed by atoms with Gasteiger partial charge in [-0.3, -0.25) is 4.90 Å². The van der Waals surface area contributed by atoms with Crippen molar-refractivity contribution in [2.45, 2.75) is 59.9 Å². The van der Waals surface area contributed by atoms with Gasteiger partial charge in [-0.15, -0.1) is 0 Å². The standard InChI is InChI=1S/C25H33N3O3/c1-6-30-25(29)22-18(5)31-24(27)21(13-26)23(22)20-12-16(3)11-19(17(20)4)14-28-9-7-15(2)8-10-28/h11-12,15,23H,6-10,14,27H2,1-5H3. The van der Waals surface area contributed by atoms with Gasteiger partial charge in [-0.05, 0) is 76.2 Å². The van der Waals surface area contributed by atoms with Crippen LogP contribution in [0.15, 0.2) is 34.9 Å². The van der Waals surface area contributed by atoms with Crippen molar-refractivity contribution in [3.63, 3.8) is 0 Å². The molecule has 0 aromatic heterocycles. The van der Waals surface area contributed by atoms with Crippen molar-refractivity contribution in [3.8, 4) is 6.07 Å². The Labute approximate surface area is 185 Å². The van der Waals surface area contributed by atoms with Crippen LogP contribution in [-0.2, 0) is 20.8 Å². The molecule has 2 aliphatic heterocycles. The first-order chi connectivity index (χ1) is 14.8. The first-order valence-corrected chi connectivity index (χ1v) is 11.0. The van der Waals surface area contributed by atoms with E-state index in [9.17, 15) is 10.1 Å². The number of hydrogen-bond donors (Lipinski definition) is 1. The van der Waals surface area contributed by atoms with Gasteiger partial charge >= 0.3 is 5.97 Å². The Morgan fingerprint density at radius 2 is 1.97 bits per heavy atom. The summed E-state index contributed by atoms with van der Waals surface area (Å²) in [5, 5.41) is 9.87. The maximum Gasteiger partial charge on any atom is 0.338 e. The van der Waals surface area contributed by atoms with Gasteiger partial charge in [-0.25, -0.2) is 4.79 Å². The van der Waals surface area contributed by atoms with Crippen LogP contribution in [0, 0.1) is 31.1 Å². The van der Waals surface area contributed by atoms with Crippen LogP contribution in [0.1, 0.15) is 61.8 Å². The minimum absolute atomic E-state index is 0.0468. The second-order valence-electron chi connectivity index (χ2n) is 8.71. The number of carbonyl (C=O) groups excluding carboxylic acids is 1. The molecule has 3 rings (SSSR count). The molecule has 0 saturated carbocycles. The highest BCUT2D eigenvalue weighted by Gasteiger charge is 2.37. The van der Waals surface area contributed by atoms with Crippen molar-refractivity contribution in [3.05, 3.63) is 57.2 Å². The van der Waals surface area contributed by atoms with Gasteiger partial charge in [0.2, 0.25) is 5.88 Å². The van der Waals surface area contributed by atoms with E-state index in [0.29, 0.717) is 11.3 Å². The summed E-state index contributed by atoms with van der Waals surface area (Å²) in [7, 11) is 0. The Morgan fingerprint density at radius 3 is 2.58 bits per heavy atom. The monoisotopic (exact) mass is 423 g/mol. The van der Waals surface area contributed by atoms with E-state index in [-0.39, 0.29) is 18.1 Å². The molecule has 0 spiro atoms.